The number of halogens is 1. The maximum atomic E-state index is 12.1. The summed E-state index contributed by atoms with van der Waals surface area (Å²) in [6.07, 6.45) is 0. The van der Waals surface area contributed by atoms with Crippen LogP contribution in [-0.4, -0.2) is 45.5 Å². The second-order valence-electron chi connectivity index (χ2n) is 3.87. The summed E-state index contributed by atoms with van der Waals surface area (Å²) in [6, 6.07) is 5.73. The first-order chi connectivity index (χ1) is 8.48. The molecule has 2 rings (SSSR count). The summed E-state index contributed by atoms with van der Waals surface area (Å²) in [5.74, 6) is -0.208. The summed E-state index contributed by atoms with van der Waals surface area (Å²) in [6.45, 7) is 2.02. The molecule has 98 valence electrons. The monoisotopic (exact) mass is 289 g/mol. The molecule has 7 heteroatoms. The van der Waals surface area contributed by atoms with Crippen molar-refractivity contribution in [3.8, 4) is 0 Å². The van der Waals surface area contributed by atoms with Crippen molar-refractivity contribution in [2.45, 2.75) is 4.90 Å². The molecule has 1 saturated heterocycles. The molecule has 5 nitrogen and oxygen atoms in total. The molecule has 1 aliphatic heterocycles. The smallest absolute Gasteiger partial charge is 0.261 e. The lowest BCUT2D eigenvalue weighted by molar-refractivity contribution is 0.0302. The predicted molar refractivity (Wildman–Crippen MR) is 66.2 cm³/mol. The van der Waals surface area contributed by atoms with Crippen LogP contribution in [0.3, 0.4) is 0 Å². The fourth-order valence-electron chi connectivity index (χ4n) is 1.73. The zero-order valence-electron chi connectivity index (χ0n) is 9.50. The quantitative estimate of drug-likeness (QED) is 0.765. The Morgan fingerprint density at radius 3 is 2.56 bits per heavy atom. The lowest BCUT2D eigenvalue weighted by Gasteiger charge is -2.26. The van der Waals surface area contributed by atoms with Crippen LogP contribution in [0.15, 0.2) is 29.2 Å². The second-order valence-corrected chi connectivity index (χ2v) is 6.44. The summed E-state index contributed by atoms with van der Waals surface area (Å²) < 4.78 is 27.6. The molecule has 1 amide bonds. The minimum Gasteiger partial charge on any atom is -0.378 e. The number of morpholine rings is 1. The van der Waals surface area contributed by atoms with Crippen molar-refractivity contribution in [1.29, 1.82) is 0 Å². The third-order valence-electron chi connectivity index (χ3n) is 2.66. The first-order valence-electron chi connectivity index (χ1n) is 5.40. The molecule has 0 atom stereocenters. The van der Waals surface area contributed by atoms with Crippen LogP contribution in [-0.2, 0) is 13.8 Å². The van der Waals surface area contributed by atoms with E-state index >= 15 is 0 Å². The van der Waals surface area contributed by atoms with Gasteiger partial charge in [0.15, 0.2) is 0 Å². The fourth-order valence-corrected chi connectivity index (χ4v) is 2.53. The van der Waals surface area contributed by atoms with Gasteiger partial charge in [0, 0.05) is 29.3 Å². The highest BCUT2D eigenvalue weighted by molar-refractivity contribution is 8.13. The van der Waals surface area contributed by atoms with Crippen LogP contribution >= 0.6 is 10.7 Å². The lowest BCUT2D eigenvalue weighted by Crippen LogP contribution is -2.40. The highest BCUT2D eigenvalue weighted by Gasteiger charge is 2.20. The third kappa shape index (κ3) is 3.01. The second kappa shape index (κ2) is 5.26. The van der Waals surface area contributed by atoms with Gasteiger partial charge in [0.2, 0.25) is 0 Å². The maximum absolute atomic E-state index is 12.1. The van der Waals surface area contributed by atoms with E-state index in [2.05, 4.69) is 0 Å². The van der Waals surface area contributed by atoms with E-state index in [4.69, 9.17) is 15.4 Å². The van der Waals surface area contributed by atoms with E-state index in [1.54, 1.807) is 11.0 Å². The predicted octanol–water partition coefficient (Wildman–Crippen LogP) is 1.09. The summed E-state index contributed by atoms with van der Waals surface area (Å²) in [5.41, 5.74) is 0.318. The number of carbonyl (C=O) groups is 1. The van der Waals surface area contributed by atoms with E-state index in [0.717, 1.165) is 0 Å². The molecule has 0 spiro atoms. The van der Waals surface area contributed by atoms with Gasteiger partial charge in [-0.15, -0.1) is 0 Å². The van der Waals surface area contributed by atoms with E-state index in [1.807, 2.05) is 0 Å². The molecule has 1 aromatic rings. The lowest BCUT2D eigenvalue weighted by atomic mass is 10.2. The highest BCUT2D eigenvalue weighted by Crippen LogP contribution is 2.17. The first kappa shape index (κ1) is 13.3. The van der Waals surface area contributed by atoms with E-state index < -0.39 is 9.05 Å². The van der Waals surface area contributed by atoms with Crippen molar-refractivity contribution in [1.82, 2.24) is 4.90 Å². The van der Waals surface area contributed by atoms with Gasteiger partial charge in [-0.05, 0) is 18.2 Å². The molecular formula is C11H12ClNO4S. The summed E-state index contributed by atoms with van der Waals surface area (Å²) >= 11 is 0. The Labute approximate surface area is 110 Å². The van der Waals surface area contributed by atoms with Crippen LogP contribution in [0.5, 0.6) is 0 Å². The zero-order chi connectivity index (χ0) is 13.2. The number of amides is 1. The van der Waals surface area contributed by atoms with Crippen LogP contribution in [0.1, 0.15) is 10.4 Å². The van der Waals surface area contributed by atoms with Crippen LogP contribution in [0, 0.1) is 0 Å². The number of hydrogen-bond donors (Lipinski definition) is 0. The Balaban J connectivity index is 2.25. The van der Waals surface area contributed by atoms with Crippen LogP contribution in [0.4, 0.5) is 0 Å². The van der Waals surface area contributed by atoms with Crippen molar-refractivity contribution in [2.75, 3.05) is 26.3 Å². The first-order valence-corrected chi connectivity index (χ1v) is 7.71. The van der Waals surface area contributed by atoms with E-state index in [9.17, 15) is 13.2 Å². The number of hydrogen-bond acceptors (Lipinski definition) is 4. The normalized spacial score (nSPS) is 16.6. The molecule has 0 bridgehead atoms. The molecule has 0 aliphatic carbocycles. The average molecular weight is 290 g/mol. The molecule has 1 aliphatic rings. The molecule has 0 unspecified atom stereocenters. The van der Waals surface area contributed by atoms with E-state index in [-0.39, 0.29) is 10.8 Å². The molecule has 0 radical (unpaired) electrons. The summed E-state index contributed by atoms with van der Waals surface area (Å²) in [4.78, 5) is 13.7. The molecule has 18 heavy (non-hydrogen) atoms. The molecule has 0 saturated carbocycles. The van der Waals surface area contributed by atoms with Gasteiger partial charge in [0.05, 0.1) is 18.1 Å². The van der Waals surface area contributed by atoms with Gasteiger partial charge in [0.1, 0.15) is 0 Å². The van der Waals surface area contributed by atoms with E-state index in [0.29, 0.717) is 31.9 Å². The molecular weight excluding hydrogens is 278 g/mol. The van der Waals surface area contributed by atoms with Gasteiger partial charge < -0.3 is 9.64 Å². The van der Waals surface area contributed by atoms with Gasteiger partial charge in [-0.1, -0.05) is 6.07 Å². The number of carbonyl (C=O) groups excluding carboxylic acids is 1. The van der Waals surface area contributed by atoms with Crippen molar-refractivity contribution in [3.05, 3.63) is 29.8 Å². The van der Waals surface area contributed by atoms with Gasteiger partial charge in [-0.2, -0.15) is 0 Å². The SMILES string of the molecule is O=C(c1cccc(S(=O)(=O)Cl)c1)N1CCOCC1. The zero-order valence-corrected chi connectivity index (χ0v) is 11.1. The molecule has 1 fully saturated rings. The standard InChI is InChI=1S/C11H12ClNO4S/c12-18(15,16)10-3-1-2-9(8-10)11(14)13-4-6-17-7-5-13/h1-3,8H,4-7H2. The Kier molecular flexibility index (Phi) is 3.89. The Morgan fingerprint density at radius 1 is 1.28 bits per heavy atom. The van der Waals surface area contributed by atoms with Gasteiger partial charge in [-0.3, -0.25) is 4.79 Å². The molecule has 1 heterocycles. The minimum absolute atomic E-state index is 0.0664. The van der Waals surface area contributed by atoms with Gasteiger partial charge in [0.25, 0.3) is 15.0 Å². The Hall–Kier alpha value is -1.11. The number of rotatable bonds is 2. The maximum Gasteiger partial charge on any atom is 0.261 e. The fraction of sp³-hybridized carbons (Fsp3) is 0.364. The highest BCUT2D eigenvalue weighted by atomic mass is 35.7. The average Bonchev–Trinajstić information content (AvgIpc) is 2.38. The topological polar surface area (TPSA) is 63.7 Å². The molecule has 1 aromatic carbocycles. The van der Waals surface area contributed by atoms with E-state index in [1.165, 1.54) is 18.2 Å². The van der Waals surface area contributed by atoms with Crippen molar-refractivity contribution in [2.24, 2.45) is 0 Å². The molecule has 0 N–H and O–H groups in total. The van der Waals surface area contributed by atoms with Crippen molar-refractivity contribution >= 4 is 25.6 Å². The van der Waals surface area contributed by atoms with Gasteiger partial charge >= 0.3 is 0 Å². The number of benzene rings is 1. The van der Waals surface area contributed by atoms with Gasteiger partial charge in [-0.25, -0.2) is 8.42 Å². The van der Waals surface area contributed by atoms with Crippen LogP contribution in [0.2, 0.25) is 0 Å². The minimum atomic E-state index is -3.81. The Morgan fingerprint density at radius 2 is 1.94 bits per heavy atom. The van der Waals surface area contributed by atoms with Crippen molar-refractivity contribution < 1.29 is 17.9 Å². The number of nitrogens with zero attached hydrogens (tertiary/aromatic N) is 1. The van der Waals surface area contributed by atoms with Crippen LogP contribution in [0.25, 0.3) is 0 Å². The van der Waals surface area contributed by atoms with Crippen molar-refractivity contribution in [3.63, 3.8) is 0 Å². The summed E-state index contributed by atoms with van der Waals surface area (Å²) in [7, 11) is 1.44. The third-order valence-corrected chi connectivity index (χ3v) is 4.01. The Bertz CT molecular complexity index is 552. The number of ether oxygens (including phenoxy) is 1. The largest absolute Gasteiger partial charge is 0.378 e. The van der Waals surface area contributed by atoms with Crippen LogP contribution < -0.4 is 0 Å². The summed E-state index contributed by atoms with van der Waals surface area (Å²) in [5, 5.41) is 0. The molecule has 0 aromatic heterocycles.